The Morgan fingerprint density at radius 2 is 1.70 bits per heavy atom. The molecular formula is C19H17NO2S. The third kappa shape index (κ3) is 3.09. The Morgan fingerprint density at radius 3 is 2.43 bits per heavy atom. The van der Waals surface area contributed by atoms with E-state index >= 15 is 0 Å². The van der Waals surface area contributed by atoms with E-state index in [-0.39, 0.29) is 12.5 Å². The first kappa shape index (κ1) is 15.6. The van der Waals surface area contributed by atoms with E-state index in [1.165, 1.54) is 0 Å². The molecule has 23 heavy (non-hydrogen) atoms. The van der Waals surface area contributed by atoms with Gasteiger partial charge in [0.05, 0.1) is 6.61 Å². The molecule has 0 aliphatic carbocycles. The van der Waals surface area contributed by atoms with Crippen LogP contribution in [-0.2, 0) is 6.61 Å². The first-order chi connectivity index (χ1) is 11.2. The van der Waals surface area contributed by atoms with E-state index in [0.29, 0.717) is 5.56 Å². The minimum absolute atomic E-state index is 0.00373. The van der Waals surface area contributed by atoms with Gasteiger partial charge >= 0.3 is 0 Å². The summed E-state index contributed by atoms with van der Waals surface area (Å²) in [4.78, 5) is 14.2. The topological polar surface area (TPSA) is 49.3 Å². The monoisotopic (exact) mass is 323 g/mol. The van der Waals surface area contributed by atoms with Gasteiger partial charge in [0.1, 0.15) is 0 Å². The fraction of sp³-hybridized carbons (Fsp3) is 0.105. The summed E-state index contributed by atoms with van der Waals surface area (Å²) in [5, 5.41) is 14.2. The van der Waals surface area contributed by atoms with Crippen molar-refractivity contribution >= 4 is 28.4 Å². The Balaban J connectivity index is 2.16. The lowest BCUT2D eigenvalue weighted by Gasteiger charge is -2.12. The maximum absolute atomic E-state index is 12.2. The zero-order chi connectivity index (χ0) is 16.2. The van der Waals surface area contributed by atoms with Crippen molar-refractivity contribution in [2.24, 2.45) is 0 Å². The molecular weight excluding hydrogens is 306 g/mol. The molecule has 0 aromatic heterocycles. The average Bonchev–Trinajstić information content (AvgIpc) is 2.61. The quantitative estimate of drug-likeness (QED) is 0.767. The minimum Gasteiger partial charge on any atom is -0.392 e. The fourth-order valence-corrected chi connectivity index (χ4v) is 3.69. The highest BCUT2D eigenvalue weighted by atomic mass is 32.2. The smallest absolute Gasteiger partial charge is 0.251 e. The van der Waals surface area contributed by atoms with E-state index in [0.717, 1.165) is 26.1 Å². The molecule has 0 aliphatic heterocycles. The van der Waals surface area contributed by atoms with Crippen LogP contribution in [0.25, 0.3) is 10.8 Å². The summed E-state index contributed by atoms with van der Waals surface area (Å²) in [6.45, 7) is -0.00373. The lowest BCUT2D eigenvalue weighted by atomic mass is 10.0. The van der Waals surface area contributed by atoms with Crippen LogP contribution in [0.2, 0.25) is 0 Å². The zero-order valence-electron chi connectivity index (χ0n) is 12.7. The SMILES string of the molecule is CNC(=O)c1cccc2cccc(Sc3ccccc3CO)c12. The maximum atomic E-state index is 12.2. The number of aliphatic hydroxyl groups is 1. The van der Waals surface area contributed by atoms with Gasteiger partial charge in [-0.3, -0.25) is 4.79 Å². The van der Waals surface area contributed by atoms with Gasteiger partial charge in [0.25, 0.3) is 5.91 Å². The Bertz CT molecular complexity index is 856. The van der Waals surface area contributed by atoms with Gasteiger partial charge in [-0.15, -0.1) is 0 Å². The number of benzene rings is 3. The molecule has 0 bridgehead atoms. The number of fused-ring (bicyclic) bond motifs is 1. The standard InChI is InChI=1S/C19H17NO2S/c1-20-19(22)15-9-4-7-13-8-5-11-17(18(13)15)23-16-10-3-2-6-14(16)12-21/h2-11,21H,12H2,1H3,(H,20,22). The van der Waals surface area contributed by atoms with E-state index in [1.807, 2.05) is 60.7 Å². The van der Waals surface area contributed by atoms with Crippen molar-refractivity contribution in [1.29, 1.82) is 0 Å². The van der Waals surface area contributed by atoms with Crippen LogP contribution in [0.4, 0.5) is 0 Å². The van der Waals surface area contributed by atoms with Gasteiger partial charge in [0, 0.05) is 27.8 Å². The molecule has 3 nitrogen and oxygen atoms in total. The Kier molecular flexibility index (Phi) is 4.65. The van der Waals surface area contributed by atoms with Gasteiger partial charge in [-0.2, -0.15) is 0 Å². The molecule has 0 atom stereocenters. The van der Waals surface area contributed by atoms with E-state index in [4.69, 9.17) is 0 Å². The average molecular weight is 323 g/mol. The molecule has 116 valence electrons. The van der Waals surface area contributed by atoms with Crippen molar-refractivity contribution in [1.82, 2.24) is 5.32 Å². The fourth-order valence-electron chi connectivity index (χ4n) is 2.57. The summed E-state index contributed by atoms with van der Waals surface area (Å²) in [6, 6.07) is 19.5. The molecule has 3 aromatic rings. The van der Waals surface area contributed by atoms with Gasteiger partial charge < -0.3 is 10.4 Å². The van der Waals surface area contributed by atoms with Crippen molar-refractivity contribution in [3.63, 3.8) is 0 Å². The summed E-state index contributed by atoms with van der Waals surface area (Å²) in [6.07, 6.45) is 0. The van der Waals surface area contributed by atoms with Gasteiger partial charge in [0.15, 0.2) is 0 Å². The third-order valence-electron chi connectivity index (χ3n) is 3.70. The van der Waals surface area contributed by atoms with Gasteiger partial charge in [0.2, 0.25) is 0 Å². The van der Waals surface area contributed by atoms with Crippen LogP contribution in [0.15, 0.2) is 70.5 Å². The number of amides is 1. The summed E-state index contributed by atoms with van der Waals surface area (Å²) >= 11 is 1.57. The molecule has 2 N–H and O–H groups in total. The summed E-state index contributed by atoms with van der Waals surface area (Å²) in [5.74, 6) is -0.0981. The van der Waals surface area contributed by atoms with Crippen LogP contribution in [0.1, 0.15) is 15.9 Å². The van der Waals surface area contributed by atoms with Crippen molar-refractivity contribution in [2.45, 2.75) is 16.4 Å². The molecule has 0 radical (unpaired) electrons. The molecule has 0 saturated carbocycles. The van der Waals surface area contributed by atoms with Crippen LogP contribution >= 0.6 is 11.8 Å². The number of carbonyl (C=O) groups excluding carboxylic acids is 1. The lowest BCUT2D eigenvalue weighted by Crippen LogP contribution is -2.18. The number of hydrogen-bond donors (Lipinski definition) is 2. The van der Waals surface area contributed by atoms with Crippen LogP contribution in [0.3, 0.4) is 0 Å². The highest BCUT2D eigenvalue weighted by Gasteiger charge is 2.13. The van der Waals surface area contributed by atoms with Crippen LogP contribution in [0, 0.1) is 0 Å². The zero-order valence-corrected chi connectivity index (χ0v) is 13.6. The third-order valence-corrected chi connectivity index (χ3v) is 4.88. The molecule has 3 aromatic carbocycles. The summed E-state index contributed by atoms with van der Waals surface area (Å²) in [7, 11) is 1.64. The second kappa shape index (κ2) is 6.86. The van der Waals surface area contributed by atoms with Crippen LogP contribution in [0.5, 0.6) is 0 Å². The Morgan fingerprint density at radius 1 is 1.00 bits per heavy atom. The van der Waals surface area contributed by atoms with Gasteiger partial charge in [-0.25, -0.2) is 0 Å². The van der Waals surface area contributed by atoms with Crippen molar-refractivity contribution in [3.05, 3.63) is 71.8 Å². The van der Waals surface area contributed by atoms with Crippen LogP contribution < -0.4 is 5.32 Å². The predicted molar refractivity (Wildman–Crippen MR) is 93.8 cm³/mol. The number of aliphatic hydroxyl groups excluding tert-OH is 1. The maximum Gasteiger partial charge on any atom is 0.251 e. The van der Waals surface area contributed by atoms with Crippen molar-refractivity contribution < 1.29 is 9.90 Å². The normalized spacial score (nSPS) is 10.7. The largest absolute Gasteiger partial charge is 0.392 e. The highest BCUT2D eigenvalue weighted by Crippen LogP contribution is 2.36. The molecule has 3 rings (SSSR count). The first-order valence-electron chi connectivity index (χ1n) is 7.35. The molecule has 0 fully saturated rings. The van der Waals surface area contributed by atoms with E-state index in [1.54, 1.807) is 18.8 Å². The first-order valence-corrected chi connectivity index (χ1v) is 8.16. The van der Waals surface area contributed by atoms with Gasteiger partial charge in [-0.05, 0) is 29.1 Å². The molecule has 1 amide bonds. The molecule has 0 aliphatic rings. The number of hydrogen-bond acceptors (Lipinski definition) is 3. The summed E-state index contributed by atoms with van der Waals surface area (Å²) < 4.78 is 0. The molecule has 4 heteroatoms. The lowest BCUT2D eigenvalue weighted by molar-refractivity contribution is 0.0964. The van der Waals surface area contributed by atoms with Crippen molar-refractivity contribution in [3.8, 4) is 0 Å². The summed E-state index contributed by atoms with van der Waals surface area (Å²) in [5.41, 5.74) is 1.54. The second-order valence-corrected chi connectivity index (χ2v) is 6.19. The Labute approximate surface area is 139 Å². The number of nitrogens with one attached hydrogen (secondary N) is 1. The molecule has 0 unspecified atom stereocenters. The second-order valence-electron chi connectivity index (χ2n) is 5.11. The Hall–Kier alpha value is -2.30. The molecule has 0 saturated heterocycles. The van der Waals surface area contributed by atoms with Crippen LogP contribution in [-0.4, -0.2) is 18.1 Å². The molecule has 0 spiro atoms. The van der Waals surface area contributed by atoms with E-state index < -0.39 is 0 Å². The molecule has 0 heterocycles. The van der Waals surface area contributed by atoms with E-state index in [9.17, 15) is 9.90 Å². The highest BCUT2D eigenvalue weighted by molar-refractivity contribution is 7.99. The van der Waals surface area contributed by atoms with E-state index in [2.05, 4.69) is 5.32 Å². The minimum atomic E-state index is -0.0981. The van der Waals surface area contributed by atoms with Gasteiger partial charge in [-0.1, -0.05) is 54.2 Å². The number of carbonyl (C=O) groups is 1. The number of rotatable bonds is 4. The predicted octanol–water partition coefficient (Wildman–Crippen LogP) is 3.84. The van der Waals surface area contributed by atoms with Crippen molar-refractivity contribution in [2.75, 3.05) is 7.05 Å².